The maximum absolute atomic E-state index is 12.9. The fourth-order valence-electron chi connectivity index (χ4n) is 4.50. The molecular weight excluding hydrogens is 344 g/mol. The average molecular weight is 370 g/mol. The van der Waals surface area contributed by atoms with Crippen molar-refractivity contribution < 1.29 is 4.79 Å². The van der Waals surface area contributed by atoms with E-state index in [4.69, 9.17) is 0 Å². The van der Waals surface area contributed by atoms with Crippen molar-refractivity contribution in [2.75, 3.05) is 0 Å². The number of aryl methyl sites for hydroxylation is 1. The number of ketones is 1. The van der Waals surface area contributed by atoms with E-state index in [0.717, 1.165) is 35.2 Å². The summed E-state index contributed by atoms with van der Waals surface area (Å²) in [4.78, 5) is 21.5. The van der Waals surface area contributed by atoms with Crippen molar-refractivity contribution in [1.29, 1.82) is 0 Å². The molecular formula is C25H26N2O. The zero-order valence-electron chi connectivity index (χ0n) is 16.4. The molecule has 1 aliphatic carbocycles. The number of hydrogen-bond donors (Lipinski definition) is 0. The van der Waals surface area contributed by atoms with E-state index < -0.39 is 0 Å². The lowest BCUT2D eigenvalue weighted by Gasteiger charge is -2.28. The lowest BCUT2D eigenvalue weighted by molar-refractivity contribution is -0.119. The fraction of sp³-hybridized carbons (Fsp3) is 0.320. The predicted molar refractivity (Wildman–Crippen MR) is 112 cm³/mol. The molecule has 28 heavy (non-hydrogen) atoms. The van der Waals surface area contributed by atoms with Crippen molar-refractivity contribution in [3.8, 4) is 11.1 Å². The number of rotatable bonds is 6. The van der Waals surface area contributed by atoms with E-state index in [9.17, 15) is 4.79 Å². The van der Waals surface area contributed by atoms with Gasteiger partial charge in [0.25, 0.3) is 0 Å². The third-order valence-electron chi connectivity index (χ3n) is 5.96. The van der Waals surface area contributed by atoms with Crippen molar-refractivity contribution in [3.63, 3.8) is 0 Å². The van der Waals surface area contributed by atoms with Crippen molar-refractivity contribution in [2.45, 2.75) is 50.9 Å². The Morgan fingerprint density at radius 3 is 2.46 bits per heavy atom. The standard InChI is InChI=1S/C25H26N2O/c1-19-15-22(10-14-27-19)21-8-6-20(7-9-21)16-24(28)17-25(11-2-3-12-25)23-5-4-13-26-18-23/h4-10,13-15,18H,2-3,11-12,16-17H2,1H3. The molecule has 4 rings (SSSR count). The average Bonchev–Trinajstić information content (AvgIpc) is 3.19. The summed E-state index contributed by atoms with van der Waals surface area (Å²) >= 11 is 0. The van der Waals surface area contributed by atoms with E-state index in [1.54, 1.807) is 6.20 Å². The summed E-state index contributed by atoms with van der Waals surface area (Å²) in [5, 5.41) is 0. The van der Waals surface area contributed by atoms with E-state index in [2.05, 4.69) is 46.4 Å². The van der Waals surface area contributed by atoms with Gasteiger partial charge in [-0.25, -0.2) is 0 Å². The molecule has 0 spiro atoms. The highest BCUT2D eigenvalue weighted by molar-refractivity contribution is 5.82. The summed E-state index contributed by atoms with van der Waals surface area (Å²) in [6.45, 7) is 2.00. The van der Waals surface area contributed by atoms with Crippen LogP contribution in [0, 0.1) is 6.92 Å². The first-order chi connectivity index (χ1) is 13.6. The molecule has 0 amide bonds. The van der Waals surface area contributed by atoms with Gasteiger partial charge in [0, 0.05) is 42.5 Å². The van der Waals surface area contributed by atoms with Crippen LogP contribution in [0.1, 0.15) is 48.9 Å². The van der Waals surface area contributed by atoms with E-state index >= 15 is 0 Å². The van der Waals surface area contributed by atoms with E-state index in [0.29, 0.717) is 18.6 Å². The lowest BCUT2D eigenvalue weighted by Crippen LogP contribution is -2.27. The van der Waals surface area contributed by atoms with Crippen LogP contribution >= 0.6 is 0 Å². The lowest BCUT2D eigenvalue weighted by atomic mass is 9.75. The van der Waals surface area contributed by atoms with Crippen molar-refractivity contribution >= 4 is 5.78 Å². The van der Waals surface area contributed by atoms with Crippen LogP contribution in [0.25, 0.3) is 11.1 Å². The quantitative estimate of drug-likeness (QED) is 0.578. The van der Waals surface area contributed by atoms with Crippen LogP contribution in [0.15, 0.2) is 67.1 Å². The van der Waals surface area contributed by atoms with Gasteiger partial charge in [0.1, 0.15) is 5.78 Å². The van der Waals surface area contributed by atoms with E-state index in [1.807, 2.05) is 31.5 Å². The number of carbonyl (C=O) groups is 1. The number of carbonyl (C=O) groups excluding carboxylic acids is 1. The SMILES string of the molecule is Cc1cc(-c2ccc(CC(=O)CC3(c4cccnc4)CCCC3)cc2)ccn1. The molecule has 0 N–H and O–H groups in total. The molecule has 1 fully saturated rings. The van der Waals surface area contributed by atoms with Gasteiger partial charge in [-0.1, -0.05) is 43.2 Å². The Bertz CT molecular complexity index is 942. The number of aromatic nitrogens is 2. The van der Waals surface area contributed by atoms with Gasteiger partial charge in [-0.2, -0.15) is 0 Å². The van der Waals surface area contributed by atoms with Gasteiger partial charge < -0.3 is 0 Å². The molecule has 3 heteroatoms. The summed E-state index contributed by atoms with van der Waals surface area (Å²) in [6, 6.07) is 16.6. The van der Waals surface area contributed by atoms with Gasteiger partial charge in [0.15, 0.2) is 0 Å². The van der Waals surface area contributed by atoms with Gasteiger partial charge in [-0.15, -0.1) is 0 Å². The first-order valence-corrected chi connectivity index (χ1v) is 10.1. The Hall–Kier alpha value is -2.81. The molecule has 3 aromatic rings. The normalized spacial score (nSPS) is 15.5. The molecule has 0 bridgehead atoms. The number of benzene rings is 1. The summed E-state index contributed by atoms with van der Waals surface area (Å²) < 4.78 is 0. The molecule has 0 saturated heterocycles. The summed E-state index contributed by atoms with van der Waals surface area (Å²) in [7, 11) is 0. The maximum Gasteiger partial charge on any atom is 0.138 e. The Morgan fingerprint density at radius 2 is 1.79 bits per heavy atom. The highest BCUT2D eigenvalue weighted by Gasteiger charge is 2.37. The minimum atomic E-state index is -0.0140. The second-order valence-electron chi connectivity index (χ2n) is 8.00. The Morgan fingerprint density at radius 1 is 1.00 bits per heavy atom. The van der Waals surface area contributed by atoms with Gasteiger partial charge in [0.05, 0.1) is 0 Å². The molecule has 142 valence electrons. The topological polar surface area (TPSA) is 42.9 Å². The van der Waals surface area contributed by atoms with Gasteiger partial charge in [-0.05, 0) is 60.2 Å². The molecule has 0 radical (unpaired) electrons. The zero-order valence-corrected chi connectivity index (χ0v) is 16.4. The summed E-state index contributed by atoms with van der Waals surface area (Å²) in [5.41, 5.74) is 5.62. The highest BCUT2D eigenvalue weighted by Crippen LogP contribution is 2.43. The third kappa shape index (κ3) is 4.04. The number of nitrogens with zero attached hydrogens (tertiary/aromatic N) is 2. The third-order valence-corrected chi connectivity index (χ3v) is 5.96. The van der Waals surface area contributed by atoms with E-state index in [-0.39, 0.29) is 5.41 Å². The van der Waals surface area contributed by atoms with Crippen LogP contribution in [-0.4, -0.2) is 15.8 Å². The first kappa shape index (κ1) is 18.5. The predicted octanol–water partition coefficient (Wildman–Crippen LogP) is 5.47. The second-order valence-corrected chi connectivity index (χ2v) is 8.00. The molecule has 2 heterocycles. The molecule has 2 aromatic heterocycles. The van der Waals surface area contributed by atoms with Crippen LogP contribution in [0.4, 0.5) is 0 Å². The Balaban J connectivity index is 1.46. The Kier molecular flexibility index (Phi) is 5.34. The molecule has 1 aliphatic rings. The first-order valence-electron chi connectivity index (χ1n) is 10.1. The van der Waals surface area contributed by atoms with Gasteiger partial charge >= 0.3 is 0 Å². The van der Waals surface area contributed by atoms with Crippen molar-refractivity contribution in [1.82, 2.24) is 9.97 Å². The van der Waals surface area contributed by atoms with Crippen molar-refractivity contribution in [3.05, 3.63) is 83.9 Å². The van der Waals surface area contributed by atoms with Crippen LogP contribution in [-0.2, 0) is 16.6 Å². The molecule has 1 aromatic carbocycles. The number of pyridine rings is 2. The Labute approximate surface area is 166 Å². The van der Waals surface area contributed by atoms with Crippen molar-refractivity contribution in [2.24, 2.45) is 0 Å². The van der Waals surface area contributed by atoms with Gasteiger partial charge in [-0.3, -0.25) is 14.8 Å². The highest BCUT2D eigenvalue weighted by atomic mass is 16.1. The molecule has 0 unspecified atom stereocenters. The minimum Gasteiger partial charge on any atom is -0.299 e. The van der Waals surface area contributed by atoms with Crippen LogP contribution in [0.2, 0.25) is 0 Å². The minimum absolute atomic E-state index is 0.0140. The number of Topliss-reactive ketones (excluding diaryl/α,β-unsaturated/α-hetero) is 1. The summed E-state index contributed by atoms with van der Waals surface area (Å²) in [6.07, 6.45) is 11.3. The van der Waals surface area contributed by atoms with Crippen LogP contribution in [0.3, 0.4) is 0 Å². The van der Waals surface area contributed by atoms with Crippen LogP contribution in [0.5, 0.6) is 0 Å². The monoisotopic (exact) mass is 370 g/mol. The fourth-order valence-corrected chi connectivity index (χ4v) is 4.50. The summed E-state index contributed by atoms with van der Waals surface area (Å²) in [5.74, 6) is 0.318. The molecule has 1 saturated carbocycles. The number of hydrogen-bond acceptors (Lipinski definition) is 3. The maximum atomic E-state index is 12.9. The smallest absolute Gasteiger partial charge is 0.138 e. The largest absolute Gasteiger partial charge is 0.299 e. The zero-order chi connectivity index (χ0) is 19.4. The second kappa shape index (κ2) is 8.05. The van der Waals surface area contributed by atoms with Crippen LogP contribution < -0.4 is 0 Å². The van der Waals surface area contributed by atoms with Gasteiger partial charge in [0.2, 0.25) is 0 Å². The molecule has 0 aliphatic heterocycles. The molecule has 3 nitrogen and oxygen atoms in total. The van der Waals surface area contributed by atoms with E-state index in [1.165, 1.54) is 18.4 Å². The molecule has 0 atom stereocenters.